The first kappa shape index (κ1) is 10.6. The number of alkyl halides is 2. The van der Waals surface area contributed by atoms with Gasteiger partial charge >= 0.3 is 5.97 Å². The first-order valence-electron chi connectivity index (χ1n) is 4.55. The van der Waals surface area contributed by atoms with Crippen molar-refractivity contribution in [3.63, 3.8) is 0 Å². The molecule has 0 saturated heterocycles. The maximum Gasteiger partial charge on any atom is 0.336 e. The number of fused-ring (bicyclic) bond motifs is 1. The molecule has 0 aliphatic carbocycles. The minimum absolute atomic E-state index is 0.0312. The van der Waals surface area contributed by atoms with Crippen molar-refractivity contribution in [2.75, 3.05) is 0 Å². The van der Waals surface area contributed by atoms with Gasteiger partial charge in [-0.2, -0.15) is 0 Å². The number of hydrogen-bond acceptors (Lipinski definition) is 2. The fourth-order valence-electron chi connectivity index (χ4n) is 1.63. The Bertz CT molecular complexity index is 558. The quantitative estimate of drug-likeness (QED) is 0.853. The van der Waals surface area contributed by atoms with Gasteiger partial charge in [0.05, 0.1) is 11.1 Å². The van der Waals surface area contributed by atoms with Crippen LogP contribution in [0.2, 0.25) is 0 Å². The molecule has 0 unspecified atom stereocenters. The Morgan fingerprint density at radius 3 is 2.69 bits per heavy atom. The number of aryl methyl sites for hydroxylation is 1. The van der Waals surface area contributed by atoms with Crippen molar-refractivity contribution in [2.45, 2.75) is 13.3 Å². The van der Waals surface area contributed by atoms with Crippen LogP contribution in [0.3, 0.4) is 0 Å². The Labute approximate surface area is 89.3 Å². The molecule has 0 fully saturated rings. The van der Waals surface area contributed by atoms with Gasteiger partial charge in [-0.25, -0.2) is 13.6 Å². The normalized spacial score (nSPS) is 11.2. The minimum Gasteiger partial charge on any atom is -0.478 e. The third-order valence-electron chi connectivity index (χ3n) is 2.30. The number of aromatic carboxylic acids is 1. The van der Waals surface area contributed by atoms with Gasteiger partial charge in [0.25, 0.3) is 6.43 Å². The molecule has 1 heterocycles. The Morgan fingerprint density at radius 1 is 1.44 bits per heavy atom. The summed E-state index contributed by atoms with van der Waals surface area (Å²) in [6.45, 7) is 1.58. The summed E-state index contributed by atoms with van der Waals surface area (Å²) >= 11 is 0. The molecule has 1 aromatic heterocycles. The molecular formula is C11H8F2O3. The van der Waals surface area contributed by atoms with Crippen molar-refractivity contribution in [3.8, 4) is 0 Å². The molecule has 2 rings (SSSR count). The molecule has 0 radical (unpaired) electrons. The molecule has 84 valence electrons. The molecule has 0 spiro atoms. The Balaban J connectivity index is 2.81. The van der Waals surface area contributed by atoms with Crippen LogP contribution in [0.5, 0.6) is 0 Å². The number of rotatable bonds is 2. The molecule has 0 atom stereocenters. The van der Waals surface area contributed by atoms with E-state index >= 15 is 0 Å². The van der Waals surface area contributed by atoms with E-state index in [9.17, 15) is 13.6 Å². The van der Waals surface area contributed by atoms with E-state index in [0.29, 0.717) is 5.76 Å². The van der Waals surface area contributed by atoms with Crippen LogP contribution in [-0.2, 0) is 0 Å². The second-order valence-corrected chi connectivity index (χ2v) is 3.41. The Kier molecular flexibility index (Phi) is 2.38. The first-order chi connectivity index (χ1) is 7.50. The molecule has 3 nitrogen and oxygen atoms in total. The summed E-state index contributed by atoms with van der Waals surface area (Å²) < 4.78 is 30.4. The highest BCUT2D eigenvalue weighted by Crippen LogP contribution is 2.32. The number of furan rings is 1. The minimum atomic E-state index is -2.68. The molecule has 0 amide bonds. The van der Waals surface area contributed by atoms with Crippen LogP contribution in [0, 0.1) is 6.92 Å². The lowest BCUT2D eigenvalue weighted by atomic mass is 10.1. The van der Waals surface area contributed by atoms with Crippen LogP contribution in [0.25, 0.3) is 11.0 Å². The van der Waals surface area contributed by atoms with E-state index in [2.05, 4.69) is 0 Å². The van der Waals surface area contributed by atoms with Crippen molar-refractivity contribution in [2.24, 2.45) is 0 Å². The number of halogens is 2. The highest BCUT2D eigenvalue weighted by molar-refractivity contribution is 6.03. The van der Waals surface area contributed by atoms with Crippen molar-refractivity contribution in [1.29, 1.82) is 0 Å². The Hall–Kier alpha value is -1.91. The van der Waals surface area contributed by atoms with Crippen molar-refractivity contribution >= 4 is 16.9 Å². The topological polar surface area (TPSA) is 50.4 Å². The molecule has 0 saturated carbocycles. The predicted molar refractivity (Wildman–Crippen MR) is 52.9 cm³/mol. The fourth-order valence-corrected chi connectivity index (χ4v) is 1.63. The summed E-state index contributed by atoms with van der Waals surface area (Å²) in [4.78, 5) is 10.9. The van der Waals surface area contributed by atoms with E-state index in [1.165, 1.54) is 12.1 Å². The van der Waals surface area contributed by atoms with Crippen LogP contribution in [0.1, 0.15) is 28.1 Å². The summed E-state index contributed by atoms with van der Waals surface area (Å²) in [5.41, 5.74) is -0.364. The predicted octanol–water partition coefficient (Wildman–Crippen LogP) is 3.38. The lowest BCUT2D eigenvalue weighted by Gasteiger charge is -2.02. The number of benzene rings is 1. The average molecular weight is 226 g/mol. The van der Waals surface area contributed by atoms with E-state index in [-0.39, 0.29) is 22.1 Å². The van der Waals surface area contributed by atoms with Gasteiger partial charge in [0, 0.05) is 5.39 Å². The molecule has 1 N–H and O–H groups in total. The van der Waals surface area contributed by atoms with Crippen LogP contribution in [-0.4, -0.2) is 11.1 Å². The van der Waals surface area contributed by atoms with E-state index < -0.39 is 12.4 Å². The molecule has 5 heteroatoms. The summed E-state index contributed by atoms with van der Waals surface area (Å²) in [5.74, 6) is -0.753. The van der Waals surface area contributed by atoms with E-state index in [1.807, 2.05) is 0 Å². The zero-order valence-corrected chi connectivity index (χ0v) is 8.33. The standard InChI is InChI=1S/C11H8F2O3/c1-5-4-8-6(11(14)15)2-3-7(10(12)13)9(8)16-5/h2-4,10H,1H3,(H,14,15). The number of carboxylic acid groups (broad SMARTS) is 1. The van der Waals surface area contributed by atoms with Gasteiger partial charge in [-0.3, -0.25) is 0 Å². The van der Waals surface area contributed by atoms with Gasteiger partial charge in [-0.15, -0.1) is 0 Å². The van der Waals surface area contributed by atoms with Crippen molar-refractivity contribution in [1.82, 2.24) is 0 Å². The van der Waals surface area contributed by atoms with Crippen LogP contribution < -0.4 is 0 Å². The average Bonchev–Trinajstić information content (AvgIpc) is 2.56. The lowest BCUT2D eigenvalue weighted by Crippen LogP contribution is -1.98. The van der Waals surface area contributed by atoms with Gasteiger partial charge in [-0.05, 0) is 25.1 Å². The summed E-state index contributed by atoms with van der Waals surface area (Å²) in [7, 11) is 0. The molecule has 1 aromatic carbocycles. The fraction of sp³-hybridized carbons (Fsp3) is 0.182. The maximum absolute atomic E-state index is 12.6. The molecule has 0 bridgehead atoms. The third kappa shape index (κ3) is 1.54. The van der Waals surface area contributed by atoms with Gasteiger partial charge in [0.2, 0.25) is 0 Å². The van der Waals surface area contributed by atoms with E-state index in [1.54, 1.807) is 6.92 Å². The van der Waals surface area contributed by atoms with Crippen LogP contribution in [0.4, 0.5) is 8.78 Å². The lowest BCUT2D eigenvalue weighted by molar-refractivity contribution is 0.0698. The van der Waals surface area contributed by atoms with Crippen molar-refractivity contribution < 1.29 is 23.1 Å². The Morgan fingerprint density at radius 2 is 2.12 bits per heavy atom. The van der Waals surface area contributed by atoms with Gasteiger partial charge in [0.1, 0.15) is 11.3 Å². The maximum atomic E-state index is 12.6. The summed E-state index contributed by atoms with van der Waals surface area (Å²) in [6.07, 6.45) is -2.68. The summed E-state index contributed by atoms with van der Waals surface area (Å²) in [6, 6.07) is 3.70. The second-order valence-electron chi connectivity index (χ2n) is 3.41. The highest BCUT2D eigenvalue weighted by Gasteiger charge is 2.19. The van der Waals surface area contributed by atoms with E-state index in [4.69, 9.17) is 9.52 Å². The van der Waals surface area contributed by atoms with Gasteiger partial charge < -0.3 is 9.52 Å². The molecule has 16 heavy (non-hydrogen) atoms. The van der Waals surface area contributed by atoms with Gasteiger partial charge in [0.15, 0.2) is 0 Å². The van der Waals surface area contributed by atoms with E-state index in [0.717, 1.165) is 6.07 Å². The van der Waals surface area contributed by atoms with Crippen molar-refractivity contribution in [3.05, 3.63) is 35.1 Å². The second kappa shape index (κ2) is 3.59. The highest BCUT2D eigenvalue weighted by atomic mass is 19.3. The van der Waals surface area contributed by atoms with Crippen LogP contribution in [0.15, 0.2) is 22.6 Å². The number of hydrogen-bond donors (Lipinski definition) is 1. The largest absolute Gasteiger partial charge is 0.478 e. The molecule has 0 aliphatic rings. The monoisotopic (exact) mass is 226 g/mol. The first-order valence-corrected chi connectivity index (χ1v) is 4.55. The van der Waals surface area contributed by atoms with Crippen LogP contribution >= 0.6 is 0 Å². The molecule has 2 aromatic rings. The number of carboxylic acids is 1. The summed E-state index contributed by atoms with van der Waals surface area (Å²) in [5, 5.41) is 9.10. The third-order valence-corrected chi connectivity index (χ3v) is 2.30. The van der Waals surface area contributed by atoms with Gasteiger partial charge in [-0.1, -0.05) is 0 Å². The molecule has 0 aliphatic heterocycles. The zero-order chi connectivity index (χ0) is 11.9. The molecular weight excluding hydrogens is 218 g/mol. The SMILES string of the molecule is Cc1cc2c(C(=O)O)ccc(C(F)F)c2o1. The number of carbonyl (C=O) groups is 1. The zero-order valence-electron chi connectivity index (χ0n) is 8.33. The smallest absolute Gasteiger partial charge is 0.336 e.